The molecule has 1 aromatic carbocycles. The second kappa shape index (κ2) is 7.55. The highest BCUT2D eigenvalue weighted by Gasteiger charge is 2.15. The molecule has 1 rings (SSSR count). The summed E-state index contributed by atoms with van der Waals surface area (Å²) in [6.07, 6.45) is 0. The summed E-state index contributed by atoms with van der Waals surface area (Å²) >= 11 is 0. The van der Waals surface area contributed by atoms with Crippen LogP contribution >= 0.6 is 12.4 Å². The van der Waals surface area contributed by atoms with E-state index in [9.17, 15) is 4.79 Å². The van der Waals surface area contributed by atoms with Crippen LogP contribution < -0.4 is 9.47 Å². The predicted octanol–water partition coefficient (Wildman–Crippen LogP) is 2.06. The van der Waals surface area contributed by atoms with E-state index in [1.54, 1.807) is 25.1 Å². The number of ether oxygens (including phenoxy) is 3. The third kappa shape index (κ3) is 3.63. The van der Waals surface area contributed by atoms with Gasteiger partial charge in [0.15, 0.2) is 11.5 Å². The summed E-state index contributed by atoms with van der Waals surface area (Å²) in [6.45, 7) is 1.94. The van der Waals surface area contributed by atoms with Gasteiger partial charge in [0.05, 0.1) is 20.8 Å². The van der Waals surface area contributed by atoms with E-state index in [4.69, 9.17) is 19.6 Å². The Hall–Kier alpha value is -1.75. The number of nitrogens with one attached hydrogen (secondary N) is 1. The Balaban J connectivity index is 0.00000289. The first kappa shape index (κ1) is 16.2. The van der Waals surface area contributed by atoms with Crippen LogP contribution in [-0.4, -0.2) is 32.5 Å². The largest absolute Gasteiger partial charge is 0.493 e. The lowest BCUT2D eigenvalue weighted by Gasteiger charge is -2.09. The minimum atomic E-state index is -0.653. The molecule has 0 radical (unpaired) electrons. The van der Waals surface area contributed by atoms with E-state index in [0.717, 1.165) is 0 Å². The smallest absolute Gasteiger partial charge is 0.356 e. The molecule has 0 heterocycles. The first-order chi connectivity index (χ1) is 8.13. The molecule has 0 amide bonds. The maximum atomic E-state index is 11.4. The summed E-state index contributed by atoms with van der Waals surface area (Å²) in [5.74, 6) is 0.367. The Labute approximate surface area is 112 Å². The van der Waals surface area contributed by atoms with Crippen molar-refractivity contribution in [2.75, 3.05) is 20.8 Å². The zero-order valence-electron chi connectivity index (χ0n) is 10.5. The van der Waals surface area contributed by atoms with E-state index in [0.29, 0.717) is 17.1 Å². The Morgan fingerprint density at radius 2 is 1.83 bits per heavy atom. The molecule has 0 fully saturated rings. The second-order valence-electron chi connectivity index (χ2n) is 3.17. The molecular weight excluding hydrogens is 258 g/mol. The lowest BCUT2D eigenvalue weighted by molar-refractivity contribution is -0.135. The molecule has 0 saturated heterocycles. The lowest BCUT2D eigenvalue weighted by Crippen LogP contribution is -2.17. The van der Waals surface area contributed by atoms with Crippen LogP contribution in [0.5, 0.6) is 11.5 Å². The van der Waals surface area contributed by atoms with Gasteiger partial charge >= 0.3 is 5.97 Å². The molecular formula is C12H16ClNO4. The molecule has 0 saturated carbocycles. The maximum Gasteiger partial charge on any atom is 0.356 e. The first-order valence-electron chi connectivity index (χ1n) is 5.12. The van der Waals surface area contributed by atoms with Gasteiger partial charge in [0.2, 0.25) is 0 Å². The van der Waals surface area contributed by atoms with Crippen LogP contribution in [0, 0.1) is 5.41 Å². The summed E-state index contributed by atoms with van der Waals surface area (Å²) in [7, 11) is 3.02. The lowest BCUT2D eigenvalue weighted by atomic mass is 10.1. The standard InChI is InChI=1S/C12H15NO4.ClH/c1-4-17-12(14)11(13)8-5-6-9(15-2)10(7-8)16-3;/h5-7,13H,4H2,1-3H3;1H. The van der Waals surface area contributed by atoms with Crippen LogP contribution in [0.1, 0.15) is 12.5 Å². The van der Waals surface area contributed by atoms with Gasteiger partial charge in [0.1, 0.15) is 5.71 Å². The molecule has 0 atom stereocenters. The number of rotatable bonds is 5. The molecule has 6 heteroatoms. The number of hydrogen-bond acceptors (Lipinski definition) is 5. The van der Waals surface area contributed by atoms with Crippen molar-refractivity contribution in [3.05, 3.63) is 23.8 Å². The zero-order valence-corrected chi connectivity index (χ0v) is 11.3. The van der Waals surface area contributed by atoms with Gasteiger partial charge in [-0.3, -0.25) is 5.41 Å². The van der Waals surface area contributed by atoms with Crippen LogP contribution in [-0.2, 0) is 9.53 Å². The third-order valence-electron chi connectivity index (χ3n) is 2.15. The minimum Gasteiger partial charge on any atom is -0.493 e. The first-order valence-corrected chi connectivity index (χ1v) is 5.12. The molecule has 18 heavy (non-hydrogen) atoms. The van der Waals surface area contributed by atoms with Crippen molar-refractivity contribution in [1.82, 2.24) is 0 Å². The van der Waals surface area contributed by atoms with Gasteiger partial charge in [0, 0.05) is 5.56 Å². The Morgan fingerprint density at radius 1 is 1.22 bits per heavy atom. The molecule has 100 valence electrons. The number of hydrogen-bond donors (Lipinski definition) is 1. The fraction of sp³-hybridized carbons (Fsp3) is 0.333. The van der Waals surface area contributed by atoms with Crippen molar-refractivity contribution in [2.24, 2.45) is 0 Å². The van der Waals surface area contributed by atoms with Gasteiger partial charge in [-0.05, 0) is 25.1 Å². The summed E-state index contributed by atoms with van der Waals surface area (Å²) < 4.78 is 14.9. The normalized spacial score (nSPS) is 9.06. The zero-order chi connectivity index (χ0) is 12.8. The van der Waals surface area contributed by atoms with Crippen LogP contribution in [0.25, 0.3) is 0 Å². The summed E-state index contributed by atoms with van der Waals surface area (Å²) in [5, 5.41) is 7.67. The Bertz CT molecular complexity index is 434. The molecule has 0 bridgehead atoms. The van der Waals surface area contributed by atoms with Crippen molar-refractivity contribution in [3.8, 4) is 11.5 Å². The number of esters is 1. The molecule has 0 spiro atoms. The summed E-state index contributed by atoms with van der Waals surface area (Å²) in [4.78, 5) is 11.4. The average Bonchev–Trinajstić information content (AvgIpc) is 2.37. The topological polar surface area (TPSA) is 68.6 Å². The second-order valence-corrected chi connectivity index (χ2v) is 3.17. The third-order valence-corrected chi connectivity index (χ3v) is 2.15. The van der Waals surface area contributed by atoms with Crippen molar-refractivity contribution >= 4 is 24.1 Å². The van der Waals surface area contributed by atoms with Crippen molar-refractivity contribution in [2.45, 2.75) is 6.92 Å². The van der Waals surface area contributed by atoms with E-state index in [2.05, 4.69) is 0 Å². The highest BCUT2D eigenvalue weighted by molar-refractivity contribution is 6.42. The highest BCUT2D eigenvalue weighted by Crippen LogP contribution is 2.27. The molecule has 0 aliphatic heterocycles. The number of benzene rings is 1. The van der Waals surface area contributed by atoms with E-state index >= 15 is 0 Å². The number of carbonyl (C=O) groups excluding carboxylic acids is 1. The molecule has 0 aliphatic rings. The van der Waals surface area contributed by atoms with E-state index in [1.807, 2.05) is 0 Å². The van der Waals surface area contributed by atoms with Gasteiger partial charge in [0.25, 0.3) is 0 Å². The van der Waals surface area contributed by atoms with E-state index < -0.39 is 5.97 Å². The van der Waals surface area contributed by atoms with Crippen molar-refractivity contribution in [1.29, 1.82) is 5.41 Å². The van der Waals surface area contributed by atoms with Gasteiger partial charge < -0.3 is 14.2 Å². The quantitative estimate of drug-likeness (QED) is 0.659. The molecule has 0 aliphatic carbocycles. The molecule has 5 nitrogen and oxygen atoms in total. The molecule has 1 aromatic rings. The molecule has 0 aromatic heterocycles. The predicted molar refractivity (Wildman–Crippen MR) is 70.3 cm³/mol. The number of halogens is 1. The fourth-order valence-electron chi connectivity index (χ4n) is 1.31. The van der Waals surface area contributed by atoms with Crippen LogP contribution in [0.15, 0.2) is 18.2 Å². The maximum absolute atomic E-state index is 11.4. The summed E-state index contributed by atoms with van der Waals surface area (Å²) in [5.41, 5.74) is 0.230. The monoisotopic (exact) mass is 273 g/mol. The molecule has 0 unspecified atom stereocenters. The van der Waals surface area contributed by atoms with Gasteiger partial charge in [-0.15, -0.1) is 12.4 Å². The number of carbonyl (C=O) groups is 1. The minimum absolute atomic E-state index is 0. The van der Waals surface area contributed by atoms with Crippen LogP contribution in [0.4, 0.5) is 0 Å². The number of methoxy groups -OCH3 is 2. The average molecular weight is 274 g/mol. The van der Waals surface area contributed by atoms with Gasteiger partial charge in [-0.25, -0.2) is 4.79 Å². The van der Waals surface area contributed by atoms with Crippen molar-refractivity contribution in [3.63, 3.8) is 0 Å². The molecule has 1 N–H and O–H groups in total. The van der Waals surface area contributed by atoms with Gasteiger partial charge in [-0.1, -0.05) is 0 Å². The summed E-state index contributed by atoms with van der Waals surface area (Å²) in [6, 6.07) is 4.82. The van der Waals surface area contributed by atoms with Crippen LogP contribution in [0.3, 0.4) is 0 Å². The van der Waals surface area contributed by atoms with Crippen molar-refractivity contribution < 1.29 is 19.0 Å². The fourth-order valence-corrected chi connectivity index (χ4v) is 1.31. The van der Waals surface area contributed by atoms with Gasteiger partial charge in [-0.2, -0.15) is 0 Å². The Kier molecular flexibility index (Phi) is 6.82. The SMILES string of the molecule is CCOC(=O)C(=N)c1ccc(OC)c(OC)c1.Cl. The van der Waals surface area contributed by atoms with E-state index in [-0.39, 0.29) is 24.7 Å². The Morgan fingerprint density at radius 3 is 2.33 bits per heavy atom. The van der Waals surface area contributed by atoms with E-state index in [1.165, 1.54) is 14.2 Å². The van der Waals surface area contributed by atoms with Crippen LogP contribution in [0.2, 0.25) is 0 Å². The highest BCUT2D eigenvalue weighted by atomic mass is 35.5.